The third-order valence-corrected chi connectivity index (χ3v) is 2.54. The van der Waals surface area contributed by atoms with Gasteiger partial charge in [0.2, 0.25) is 0 Å². The van der Waals surface area contributed by atoms with Gasteiger partial charge in [0.25, 0.3) is 0 Å². The Labute approximate surface area is 96.9 Å². The van der Waals surface area contributed by atoms with Crippen LogP contribution in [0.4, 0.5) is 0 Å². The number of hydrogen-bond donors (Lipinski definition) is 1. The molecule has 1 fully saturated rings. The molecule has 1 saturated heterocycles. The van der Waals surface area contributed by atoms with Gasteiger partial charge in [-0.05, 0) is 20.8 Å². The number of rotatable bonds is 4. The fraction of sp³-hybridized carbons (Fsp3) is 0.909. The summed E-state index contributed by atoms with van der Waals surface area (Å²) >= 11 is 0. The number of esters is 1. The van der Waals surface area contributed by atoms with E-state index < -0.39 is 6.04 Å². The van der Waals surface area contributed by atoms with Gasteiger partial charge >= 0.3 is 5.97 Å². The summed E-state index contributed by atoms with van der Waals surface area (Å²) in [5.41, 5.74) is 5.77. The summed E-state index contributed by atoms with van der Waals surface area (Å²) in [5.74, 6) is -0.325. The Morgan fingerprint density at radius 3 is 2.56 bits per heavy atom. The highest BCUT2D eigenvalue weighted by Gasteiger charge is 2.25. The first-order valence-corrected chi connectivity index (χ1v) is 5.83. The third kappa shape index (κ3) is 4.08. The van der Waals surface area contributed by atoms with Crippen molar-refractivity contribution in [1.29, 1.82) is 0 Å². The second-order valence-corrected chi connectivity index (χ2v) is 4.33. The SMILES string of the molecule is CCOC(=O)C(N)CN1C[C@@H](C)O[C@@H](C)C1. The predicted molar refractivity (Wildman–Crippen MR) is 61.1 cm³/mol. The number of carbonyl (C=O) groups is 1. The molecule has 0 spiro atoms. The van der Waals surface area contributed by atoms with Gasteiger partial charge < -0.3 is 15.2 Å². The zero-order chi connectivity index (χ0) is 12.1. The van der Waals surface area contributed by atoms with Crippen molar-refractivity contribution in [2.75, 3.05) is 26.2 Å². The zero-order valence-corrected chi connectivity index (χ0v) is 10.3. The van der Waals surface area contributed by atoms with Gasteiger partial charge in [0, 0.05) is 19.6 Å². The molecule has 2 N–H and O–H groups in total. The molecule has 1 rings (SSSR count). The smallest absolute Gasteiger partial charge is 0.324 e. The molecule has 0 aromatic heterocycles. The first-order valence-electron chi connectivity index (χ1n) is 5.83. The molecule has 94 valence electrons. The normalized spacial score (nSPS) is 28.8. The van der Waals surface area contributed by atoms with Crippen LogP contribution in [0.3, 0.4) is 0 Å². The van der Waals surface area contributed by atoms with Crippen LogP contribution in [0.25, 0.3) is 0 Å². The second-order valence-electron chi connectivity index (χ2n) is 4.33. The quantitative estimate of drug-likeness (QED) is 0.688. The largest absolute Gasteiger partial charge is 0.465 e. The van der Waals surface area contributed by atoms with E-state index in [4.69, 9.17) is 15.2 Å². The van der Waals surface area contributed by atoms with Crippen molar-refractivity contribution in [2.24, 2.45) is 5.73 Å². The Hall–Kier alpha value is -0.650. The first kappa shape index (κ1) is 13.4. The Morgan fingerprint density at radius 1 is 1.50 bits per heavy atom. The van der Waals surface area contributed by atoms with Crippen molar-refractivity contribution in [1.82, 2.24) is 4.90 Å². The Balaban J connectivity index is 2.38. The predicted octanol–water partition coefficient (Wildman–Crippen LogP) is -0.0140. The molecule has 0 aromatic carbocycles. The van der Waals surface area contributed by atoms with E-state index in [-0.39, 0.29) is 18.2 Å². The molecule has 16 heavy (non-hydrogen) atoms. The number of nitrogens with zero attached hydrogens (tertiary/aromatic N) is 1. The minimum absolute atomic E-state index is 0.193. The van der Waals surface area contributed by atoms with Gasteiger partial charge in [-0.15, -0.1) is 0 Å². The van der Waals surface area contributed by atoms with Crippen molar-refractivity contribution in [3.8, 4) is 0 Å². The van der Waals surface area contributed by atoms with Crippen LogP contribution < -0.4 is 5.73 Å². The lowest BCUT2D eigenvalue weighted by Crippen LogP contribution is -2.51. The van der Waals surface area contributed by atoms with Crippen LogP contribution in [0.5, 0.6) is 0 Å². The van der Waals surface area contributed by atoms with E-state index in [1.807, 2.05) is 13.8 Å². The average molecular weight is 230 g/mol. The molecule has 0 saturated carbocycles. The van der Waals surface area contributed by atoms with Crippen LogP contribution in [0.1, 0.15) is 20.8 Å². The minimum atomic E-state index is -0.558. The number of carbonyl (C=O) groups excluding carboxylic acids is 1. The standard InChI is InChI=1S/C11H22N2O3/c1-4-15-11(14)10(12)7-13-5-8(2)16-9(3)6-13/h8-10H,4-7,12H2,1-3H3/t8-,9+,10?. The zero-order valence-electron chi connectivity index (χ0n) is 10.3. The molecule has 5 heteroatoms. The summed E-state index contributed by atoms with van der Waals surface area (Å²) in [6.07, 6.45) is 0.385. The highest BCUT2D eigenvalue weighted by Crippen LogP contribution is 2.10. The molecule has 1 aliphatic rings. The summed E-state index contributed by atoms with van der Waals surface area (Å²) < 4.78 is 10.5. The summed E-state index contributed by atoms with van der Waals surface area (Å²) in [5, 5.41) is 0. The lowest BCUT2D eigenvalue weighted by molar-refractivity contribution is -0.146. The fourth-order valence-electron chi connectivity index (χ4n) is 2.04. The topological polar surface area (TPSA) is 64.8 Å². The molecule has 0 amide bonds. The molecular weight excluding hydrogens is 208 g/mol. The van der Waals surface area contributed by atoms with E-state index in [0.29, 0.717) is 13.2 Å². The Bertz CT molecular complexity index is 225. The van der Waals surface area contributed by atoms with Crippen molar-refractivity contribution in [3.63, 3.8) is 0 Å². The molecule has 1 unspecified atom stereocenters. The van der Waals surface area contributed by atoms with Crippen LogP contribution >= 0.6 is 0 Å². The molecule has 0 aliphatic carbocycles. The third-order valence-electron chi connectivity index (χ3n) is 2.54. The molecular formula is C11H22N2O3. The van der Waals surface area contributed by atoms with Crippen LogP contribution in [0, 0.1) is 0 Å². The lowest BCUT2D eigenvalue weighted by atomic mass is 10.2. The van der Waals surface area contributed by atoms with Gasteiger partial charge in [0.15, 0.2) is 0 Å². The van der Waals surface area contributed by atoms with Crippen LogP contribution in [-0.2, 0) is 14.3 Å². The summed E-state index contributed by atoms with van der Waals surface area (Å²) in [6.45, 7) is 8.38. The number of nitrogens with two attached hydrogens (primary N) is 1. The van der Waals surface area contributed by atoms with Crippen molar-refractivity contribution >= 4 is 5.97 Å². The number of ether oxygens (including phenoxy) is 2. The van der Waals surface area contributed by atoms with Crippen molar-refractivity contribution < 1.29 is 14.3 Å². The average Bonchev–Trinajstić information content (AvgIpc) is 2.16. The second kappa shape index (κ2) is 6.18. The summed E-state index contributed by atoms with van der Waals surface area (Å²) in [7, 11) is 0. The van der Waals surface area contributed by atoms with Gasteiger partial charge in [-0.3, -0.25) is 9.69 Å². The maximum absolute atomic E-state index is 11.4. The van der Waals surface area contributed by atoms with E-state index in [9.17, 15) is 4.79 Å². The number of morpholine rings is 1. The van der Waals surface area contributed by atoms with E-state index >= 15 is 0 Å². The van der Waals surface area contributed by atoms with Gasteiger partial charge in [-0.1, -0.05) is 0 Å². The highest BCUT2D eigenvalue weighted by atomic mass is 16.5. The van der Waals surface area contributed by atoms with Gasteiger partial charge in [0.1, 0.15) is 6.04 Å². The fourth-order valence-corrected chi connectivity index (χ4v) is 2.04. The molecule has 5 nitrogen and oxygen atoms in total. The molecule has 1 aliphatic heterocycles. The van der Waals surface area contributed by atoms with Crippen LogP contribution in [-0.4, -0.2) is 55.4 Å². The van der Waals surface area contributed by atoms with Crippen molar-refractivity contribution in [3.05, 3.63) is 0 Å². The van der Waals surface area contributed by atoms with Gasteiger partial charge in [-0.2, -0.15) is 0 Å². The Morgan fingerprint density at radius 2 is 2.06 bits per heavy atom. The molecule has 3 atom stereocenters. The Kier molecular flexibility index (Phi) is 5.18. The lowest BCUT2D eigenvalue weighted by Gasteiger charge is -2.36. The molecule has 0 aromatic rings. The monoisotopic (exact) mass is 230 g/mol. The first-order chi connectivity index (χ1) is 7.52. The van der Waals surface area contributed by atoms with E-state index in [2.05, 4.69) is 4.90 Å². The van der Waals surface area contributed by atoms with E-state index in [1.165, 1.54) is 0 Å². The molecule has 0 bridgehead atoms. The number of hydrogen-bond acceptors (Lipinski definition) is 5. The van der Waals surface area contributed by atoms with Gasteiger partial charge in [-0.25, -0.2) is 0 Å². The van der Waals surface area contributed by atoms with E-state index in [1.54, 1.807) is 6.92 Å². The van der Waals surface area contributed by atoms with Crippen LogP contribution in [0.2, 0.25) is 0 Å². The minimum Gasteiger partial charge on any atom is -0.465 e. The highest BCUT2D eigenvalue weighted by molar-refractivity contribution is 5.75. The van der Waals surface area contributed by atoms with Crippen LogP contribution in [0.15, 0.2) is 0 Å². The maximum Gasteiger partial charge on any atom is 0.324 e. The van der Waals surface area contributed by atoms with E-state index in [0.717, 1.165) is 13.1 Å². The molecule has 1 heterocycles. The van der Waals surface area contributed by atoms with Gasteiger partial charge in [0.05, 0.1) is 18.8 Å². The maximum atomic E-state index is 11.4. The molecule has 0 radical (unpaired) electrons. The summed E-state index contributed by atoms with van der Waals surface area (Å²) in [6, 6.07) is -0.558. The van der Waals surface area contributed by atoms with Crippen molar-refractivity contribution in [2.45, 2.75) is 39.0 Å². The summed E-state index contributed by atoms with van der Waals surface area (Å²) in [4.78, 5) is 13.5.